The summed E-state index contributed by atoms with van der Waals surface area (Å²) in [5.41, 5.74) is 5.03. The van der Waals surface area contributed by atoms with Gasteiger partial charge in [-0.25, -0.2) is 9.97 Å². The Kier molecular flexibility index (Phi) is 5.09. The van der Waals surface area contributed by atoms with E-state index in [1.54, 1.807) is 0 Å². The van der Waals surface area contributed by atoms with Crippen LogP contribution < -0.4 is 0 Å². The predicted octanol–water partition coefficient (Wildman–Crippen LogP) is 4.99. The minimum Gasteiger partial charge on any atom is -0.238 e. The molecule has 2 aromatic rings. The molecule has 0 spiro atoms. The average molecular weight is 308 g/mol. The summed E-state index contributed by atoms with van der Waals surface area (Å²) in [5.74, 6) is 2.62. The minimum absolute atomic E-state index is 0.750. The molecule has 1 saturated carbocycles. The minimum atomic E-state index is 0.750. The van der Waals surface area contributed by atoms with E-state index in [0.717, 1.165) is 35.5 Å². The normalized spacial score (nSPS) is 21.3. The molecule has 1 aliphatic carbocycles. The molecule has 1 aromatic carbocycles. The largest absolute Gasteiger partial charge is 0.238 e. The second-order valence-corrected chi connectivity index (χ2v) is 7.36. The Morgan fingerprint density at radius 1 is 0.870 bits per heavy atom. The van der Waals surface area contributed by atoms with Crippen molar-refractivity contribution in [1.82, 2.24) is 9.97 Å². The van der Waals surface area contributed by atoms with Crippen LogP contribution in [0, 0.1) is 32.6 Å². The lowest BCUT2D eigenvalue weighted by Crippen LogP contribution is -2.20. The molecule has 2 nitrogen and oxygen atoms in total. The van der Waals surface area contributed by atoms with Gasteiger partial charge in [0.1, 0.15) is 5.82 Å². The van der Waals surface area contributed by atoms with Crippen LogP contribution in [0.4, 0.5) is 0 Å². The molecule has 1 aliphatic rings. The molecule has 3 rings (SSSR count). The van der Waals surface area contributed by atoms with E-state index in [4.69, 9.17) is 0 Å². The quantitative estimate of drug-likeness (QED) is 0.795. The van der Waals surface area contributed by atoms with E-state index in [0.29, 0.717) is 0 Å². The van der Waals surface area contributed by atoms with E-state index in [1.807, 2.05) is 0 Å². The molecule has 0 saturated heterocycles. The lowest BCUT2D eigenvalue weighted by atomic mass is 9.77. The van der Waals surface area contributed by atoms with Gasteiger partial charge in [0.05, 0.1) is 0 Å². The molecular weight excluding hydrogens is 280 g/mol. The summed E-state index contributed by atoms with van der Waals surface area (Å²) in [6, 6.07) is 11.1. The first-order valence-corrected chi connectivity index (χ1v) is 8.95. The van der Waals surface area contributed by atoms with Gasteiger partial charge >= 0.3 is 0 Å². The first-order chi connectivity index (χ1) is 11.1. The van der Waals surface area contributed by atoms with Crippen LogP contribution in [0.2, 0.25) is 0 Å². The zero-order valence-corrected chi connectivity index (χ0v) is 14.7. The van der Waals surface area contributed by atoms with Crippen molar-refractivity contribution < 1.29 is 0 Å². The highest BCUT2D eigenvalue weighted by Crippen LogP contribution is 2.33. The number of benzene rings is 1. The molecule has 1 aromatic heterocycles. The summed E-state index contributed by atoms with van der Waals surface area (Å²) < 4.78 is 0. The Bertz CT molecular complexity index is 625. The molecule has 1 heterocycles. The second-order valence-electron chi connectivity index (χ2n) is 7.36. The molecule has 0 N–H and O–H groups in total. The fourth-order valence-electron chi connectivity index (χ4n) is 3.98. The Morgan fingerprint density at radius 2 is 1.48 bits per heavy atom. The van der Waals surface area contributed by atoms with Crippen molar-refractivity contribution in [2.75, 3.05) is 0 Å². The standard InChI is InChI=1S/C21H28N2/c1-15-7-9-18(10-8-15)12-19-5-4-6-20(13-19)14-21-22-16(2)11-17(3)23-21/h7-11,19-20H,4-6,12-14H2,1-3H3. The van der Waals surface area contributed by atoms with Crippen LogP contribution in [0.15, 0.2) is 30.3 Å². The maximum Gasteiger partial charge on any atom is 0.129 e. The molecule has 0 aliphatic heterocycles. The molecule has 2 unspecified atom stereocenters. The first-order valence-electron chi connectivity index (χ1n) is 8.95. The lowest BCUT2D eigenvalue weighted by Gasteiger charge is -2.29. The van der Waals surface area contributed by atoms with E-state index in [2.05, 4.69) is 61.1 Å². The maximum absolute atomic E-state index is 4.64. The fourth-order valence-corrected chi connectivity index (χ4v) is 3.98. The van der Waals surface area contributed by atoms with E-state index >= 15 is 0 Å². The lowest BCUT2D eigenvalue weighted by molar-refractivity contribution is 0.261. The van der Waals surface area contributed by atoms with Gasteiger partial charge in [0, 0.05) is 17.8 Å². The van der Waals surface area contributed by atoms with E-state index in [-0.39, 0.29) is 0 Å². The van der Waals surface area contributed by atoms with Gasteiger partial charge in [-0.1, -0.05) is 42.7 Å². The molecule has 1 fully saturated rings. The first kappa shape index (κ1) is 16.2. The third kappa shape index (κ3) is 4.63. The smallest absolute Gasteiger partial charge is 0.129 e. The second kappa shape index (κ2) is 7.25. The number of hydrogen-bond acceptors (Lipinski definition) is 2. The van der Waals surface area contributed by atoms with Crippen LogP contribution in [0.3, 0.4) is 0 Å². The molecule has 0 bridgehead atoms. The highest BCUT2D eigenvalue weighted by atomic mass is 14.9. The number of nitrogens with zero attached hydrogens (tertiary/aromatic N) is 2. The third-order valence-electron chi connectivity index (χ3n) is 5.04. The highest BCUT2D eigenvalue weighted by molar-refractivity contribution is 5.21. The van der Waals surface area contributed by atoms with E-state index in [9.17, 15) is 0 Å². The van der Waals surface area contributed by atoms with Crippen LogP contribution in [0.1, 0.15) is 54.0 Å². The molecule has 2 atom stereocenters. The van der Waals surface area contributed by atoms with Gasteiger partial charge in [-0.3, -0.25) is 0 Å². The van der Waals surface area contributed by atoms with Crippen LogP contribution >= 0.6 is 0 Å². The molecular formula is C21H28N2. The fraction of sp³-hybridized carbons (Fsp3) is 0.524. The van der Waals surface area contributed by atoms with Crippen molar-refractivity contribution in [2.45, 2.75) is 59.3 Å². The van der Waals surface area contributed by atoms with Gasteiger partial charge in [-0.15, -0.1) is 0 Å². The number of rotatable bonds is 4. The average Bonchev–Trinajstić information content (AvgIpc) is 2.49. The molecule has 23 heavy (non-hydrogen) atoms. The van der Waals surface area contributed by atoms with Crippen LogP contribution in [0.25, 0.3) is 0 Å². The number of aryl methyl sites for hydroxylation is 3. The topological polar surface area (TPSA) is 25.8 Å². The van der Waals surface area contributed by atoms with Gasteiger partial charge in [0.15, 0.2) is 0 Å². The van der Waals surface area contributed by atoms with Crippen molar-refractivity contribution in [3.8, 4) is 0 Å². The van der Waals surface area contributed by atoms with Crippen molar-refractivity contribution in [3.63, 3.8) is 0 Å². The SMILES string of the molecule is Cc1ccc(CC2CCCC(Cc3nc(C)cc(C)n3)C2)cc1. The van der Waals surface area contributed by atoms with E-state index in [1.165, 1.54) is 43.2 Å². The maximum atomic E-state index is 4.64. The highest BCUT2D eigenvalue weighted by Gasteiger charge is 2.23. The summed E-state index contributed by atoms with van der Waals surface area (Å²) in [7, 11) is 0. The van der Waals surface area contributed by atoms with Crippen LogP contribution in [-0.2, 0) is 12.8 Å². The molecule has 0 radical (unpaired) electrons. The third-order valence-corrected chi connectivity index (χ3v) is 5.04. The summed E-state index contributed by atoms with van der Waals surface area (Å²) in [6.45, 7) is 6.29. The van der Waals surface area contributed by atoms with Crippen molar-refractivity contribution in [2.24, 2.45) is 11.8 Å². The zero-order valence-electron chi connectivity index (χ0n) is 14.7. The van der Waals surface area contributed by atoms with Crippen molar-refractivity contribution >= 4 is 0 Å². The van der Waals surface area contributed by atoms with Gasteiger partial charge in [0.2, 0.25) is 0 Å². The Balaban J connectivity index is 1.60. The molecule has 2 heteroatoms. The van der Waals surface area contributed by atoms with Crippen LogP contribution in [-0.4, -0.2) is 9.97 Å². The predicted molar refractivity (Wildman–Crippen MR) is 95.5 cm³/mol. The molecule has 0 amide bonds. The monoisotopic (exact) mass is 308 g/mol. The zero-order chi connectivity index (χ0) is 16.2. The van der Waals surface area contributed by atoms with Crippen molar-refractivity contribution in [1.29, 1.82) is 0 Å². The molecule has 122 valence electrons. The summed E-state index contributed by atoms with van der Waals surface area (Å²) >= 11 is 0. The van der Waals surface area contributed by atoms with E-state index < -0.39 is 0 Å². The van der Waals surface area contributed by atoms with Crippen LogP contribution in [0.5, 0.6) is 0 Å². The Labute approximate surface area is 140 Å². The van der Waals surface area contributed by atoms with Gasteiger partial charge in [-0.05, 0) is 63.5 Å². The van der Waals surface area contributed by atoms with Gasteiger partial charge in [0.25, 0.3) is 0 Å². The summed E-state index contributed by atoms with van der Waals surface area (Å²) in [4.78, 5) is 9.27. The Hall–Kier alpha value is -1.70. The number of aromatic nitrogens is 2. The summed E-state index contributed by atoms with van der Waals surface area (Å²) in [6.07, 6.45) is 7.66. The van der Waals surface area contributed by atoms with Gasteiger partial charge < -0.3 is 0 Å². The number of hydrogen-bond donors (Lipinski definition) is 0. The summed E-state index contributed by atoms with van der Waals surface area (Å²) in [5, 5.41) is 0. The Morgan fingerprint density at radius 3 is 2.13 bits per heavy atom. The van der Waals surface area contributed by atoms with Gasteiger partial charge in [-0.2, -0.15) is 0 Å². The van der Waals surface area contributed by atoms with Crippen molar-refractivity contribution in [3.05, 3.63) is 58.7 Å².